The maximum atomic E-state index is 13.0. The molecule has 4 nitrogen and oxygen atoms in total. The van der Waals surface area contributed by atoms with Crippen LogP contribution in [0.1, 0.15) is 30.4 Å². The molecule has 1 atom stereocenters. The van der Waals surface area contributed by atoms with Crippen LogP contribution in [0.15, 0.2) is 45.8 Å². The van der Waals surface area contributed by atoms with E-state index in [1.54, 1.807) is 6.07 Å². The first-order chi connectivity index (χ1) is 11.3. The zero-order chi connectivity index (χ0) is 17.5. The minimum atomic E-state index is -3.84. The number of Topliss-reactive ketones (excluding diaryl/α,β-unsaturated/α-hetero) is 1. The van der Waals surface area contributed by atoms with E-state index in [-0.39, 0.29) is 16.6 Å². The Hall–Kier alpha value is -1.73. The number of carbonyl (C=O) groups is 1. The Morgan fingerprint density at radius 3 is 2.46 bits per heavy atom. The van der Waals surface area contributed by atoms with E-state index >= 15 is 0 Å². The highest BCUT2D eigenvalue weighted by molar-refractivity contribution is 9.10. The molecule has 126 valence electrons. The topological polar surface area (TPSA) is 63.2 Å². The highest BCUT2D eigenvalue weighted by Crippen LogP contribution is 2.39. The van der Waals surface area contributed by atoms with E-state index in [1.165, 1.54) is 12.1 Å². The summed E-state index contributed by atoms with van der Waals surface area (Å²) in [4.78, 5) is 11.9. The third-order valence-electron chi connectivity index (χ3n) is 4.20. The lowest BCUT2D eigenvalue weighted by Crippen LogP contribution is -2.20. The zero-order valence-electron chi connectivity index (χ0n) is 12.8. The standard InChI is InChI=1S/C17H15BrFNO3S/c1-10-15(21)9-3-11-2-8-14(17(18)16(10)11)20-24(22,23)13-6-4-12(19)5-7-13/h2,4-8,10,20H,3,9H2,1H3. The first kappa shape index (κ1) is 17.1. The summed E-state index contributed by atoms with van der Waals surface area (Å²) in [5, 5.41) is 0. The molecular formula is C17H15BrFNO3S. The first-order valence-corrected chi connectivity index (χ1v) is 9.69. The Morgan fingerprint density at radius 2 is 1.79 bits per heavy atom. The zero-order valence-corrected chi connectivity index (χ0v) is 15.2. The molecule has 24 heavy (non-hydrogen) atoms. The van der Waals surface area contributed by atoms with Gasteiger partial charge in [0.1, 0.15) is 11.6 Å². The van der Waals surface area contributed by atoms with Crippen molar-refractivity contribution in [2.45, 2.75) is 30.6 Å². The lowest BCUT2D eigenvalue weighted by Gasteiger charge is -2.24. The largest absolute Gasteiger partial charge is 0.299 e. The highest BCUT2D eigenvalue weighted by Gasteiger charge is 2.28. The minimum absolute atomic E-state index is 0.0300. The molecule has 2 aromatic carbocycles. The van der Waals surface area contributed by atoms with Crippen molar-refractivity contribution in [3.8, 4) is 0 Å². The van der Waals surface area contributed by atoms with Gasteiger partial charge < -0.3 is 0 Å². The highest BCUT2D eigenvalue weighted by atomic mass is 79.9. The number of anilines is 1. The van der Waals surface area contributed by atoms with Gasteiger partial charge in [0.2, 0.25) is 0 Å². The average molecular weight is 412 g/mol. The summed E-state index contributed by atoms with van der Waals surface area (Å²) in [5.74, 6) is -0.642. The number of halogens is 2. The SMILES string of the molecule is CC1C(=O)CCc2ccc(NS(=O)(=O)c3ccc(F)cc3)c(Br)c21. The molecule has 1 unspecified atom stereocenters. The summed E-state index contributed by atoms with van der Waals surface area (Å²) in [6.07, 6.45) is 1.16. The molecule has 0 fully saturated rings. The van der Waals surface area contributed by atoms with Crippen LogP contribution in [0, 0.1) is 5.82 Å². The summed E-state index contributed by atoms with van der Waals surface area (Å²) >= 11 is 3.43. The van der Waals surface area contributed by atoms with E-state index < -0.39 is 15.8 Å². The monoisotopic (exact) mass is 411 g/mol. The van der Waals surface area contributed by atoms with Crippen molar-refractivity contribution in [2.75, 3.05) is 4.72 Å². The van der Waals surface area contributed by atoms with Gasteiger partial charge in [-0.3, -0.25) is 9.52 Å². The number of ketones is 1. The lowest BCUT2D eigenvalue weighted by molar-refractivity contribution is -0.120. The molecule has 0 saturated carbocycles. The van der Waals surface area contributed by atoms with Crippen molar-refractivity contribution in [2.24, 2.45) is 0 Å². The second-order valence-electron chi connectivity index (χ2n) is 5.75. The molecule has 0 aromatic heterocycles. The number of hydrogen-bond acceptors (Lipinski definition) is 3. The van der Waals surface area contributed by atoms with Crippen LogP contribution >= 0.6 is 15.9 Å². The molecule has 0 bridgehead atoms. The summed E-state index contributed by atoms with van der Waals surface area (Å²) in [5.41, 5.74) is 2.23. The van der Waals surface area contributed by atoms with E-state index in [0.29, 0.717) is 23.0 Å². The third kappa shape index (κ3) is 3.10. The van der Waals surface area contributed by atoms with Crippen molar-refractivity contribution in [3.63, 3.8) is 0 Å². The van der Waals surface area contributed by atoms with Crippen LogP contribution in [0.25, 0.3) is 0 Å². The molecule has 1 N–H and O–H groups in total. The number of sulfonamides is 1. The van der Waals surface area contributed by atoms with Crippen LogP contribution < -0.4 is 4.72 Å². The predicted octanol–water partition coefficient (Wildman–Crippen LogP) is 4.01. The fourth-order valence-electron chi connectivity index (χ4n) is 2.85. The molecular weight excluding hydrogens is 397 g/mol. The normalized spacial score (nSPS) is 17.5. The fourth-order valence-corrected chi connectivity index (χ4v) is 4.88. The molecule has 0 amide bonds. The van der Waals surface area contributed by atoms with Gasteiger partial charge in [-0.2, -0.15) is 0 Å². The summed E-state index contributed by atoms with van der Waals surface area (Å²) < 4.78 is 41.0. The number of hydrogen-bond donors (Lipinski definition) is 1. The molecule has 0 radical (unpaired) electrons. The number of fused-ring (bicyclic) bond motifs is 1. The van der Waals surface area contributed by atoms with Gasteiger partial charge in [-0.1, -0.05) is 13.0 Å². The minimum Gasteiger partial charge on any atom is -0.299 e. The molecule has 0 heterocycles. The molecule has 1 aliphatic rings. The van der Waals surface area contributed by atoms with Gasteiger partial charge in [0.05, 0.1) is 10.6 Å². The number of carbonyl (C=O) groups excluding carboxylic acids is 1. The van der Waals surface area contributed by atoms with Gasteiger partial charge >= 0.3 is 0 Å². The van der Waals surface area contributed by atoms with E-state index in [9.17, 15) is 17.6 Å². The number of benzene rings is 2. The van der Waals surface area contributed by atoms with Gasteiger partial charge in [0.15, 0.2) is 0 Å². The van der Waals surface area contributed by atoms with Gasteiger partial charge in [0.25, 0.3) is 10.0 Å². The van der Waals surface area contributed by atoms with Crippen LogP contribution in [0.4, 0.5) is 10.1 Å². The average Bonchev–Trinajstić information content (AvgIpc) is 2.54. The van der Waals surface area contributed by atoms with Crippen LogP contribution in [-0.2, 0) is 21.2 Å². The predicted molar refractivity (Wildman–Crippen MR) is 93.1 cm³/mol. The third-order valence-corrected chi connectivity index (χ3v) is 6.43. The molecule has 0 spiro atoms. The maximum absolute atomic E-state index is 13.0. The molecule has 1 aliphatic carbocycles. The Kier molecular flexibility index (Phi) is 4.48. The Balaban J connectivity index is 1.99. The van der Waals surface area contributed by atoms with Gasteiger partial charge in [-0.25, -0.2) is 12.8 Å². The summed E-state index contributed by atoms with van der Waals surface area (Å²) in [7, 11) is -3.84. The van der Waals surface area contributed by atoms with Crippen LogP contribution in [0.2, 0.25) is 0 Å². The van der Waals surface area contributed by atoms with E-state index in [1.807, 2.05) is 13.0 Å². The van der Waals surface area contributed by atoms with E-state index in [2.05, 4.69) is 20.7 Å². The summed E-state index contributed by atoms with van der Waals surface area (Å²) in [6, 6.07) is 8.11. The number of rotatable bonds is 3. The fraction of sp³-hybridized carbons (Fsp3) is 0.235. The van der Waals surface area contributed by atoms with Crippen molar-refractivity contribution in [3.05, 3.63) is 57.8 Å². The van der Waals surface area contributed by atoms with Crippen LogP contribution in [0.3, 0.4) is 0 Å². The van der Waals surface area contributed by atoms with Crippen molar-refractivity contribution in [1.82, 2.24) is 0 Å². The summed E-state index contributed by atoms with van der Waals surface area (Å²) in [6.45, 7) is 1.82. The van der Waals surface area contributed by atoms with Gasteiger partial charge in [0, 0.05) is 16.8 Å². The van der Waals surface area contributed by atoms with Crippen molar-refractivity contribution < 1.29 is 17.6 Å². The van der Waals surface area contributed by atoms with E-state index in [0.717, 1.165) is 23.3 Å². The van der Waals surface area contributed by atoms with Gasteiger partial charge in [-0.05, 0) is 63.8 Å². The van der Waals surface area contributed by atoms with Gasteiger partial charge in [-0.15, -0.1) is 0 Å². The maximum Gasteiger partial charge on any atom is 0.261 e. The Morgan fingerprint density at radius 1 is 1.12 bits per heavy atom. The first-order valence-electron chi connectivity index (χ1n) is 7.42. The second kappa shape index (κ2) is 6.29. The Bertz CT molecular complexity index is 910. The lowest BCUT2D eigenvalue weighted by atomic mass is 9.83. The molecule has 2 aromatic rings. The van der Waals surface area contributed by atoms with Crippen molar-refractivity contribution >= 4 is 37.4 Å². The molecule has 0 saturated heterocycles. The molecule has 7 heteroatoms. The Labute approximate surface area is 148 Å². The number of aryl methyl sites for hydroxylation is 1. The van der Waals surface area contributed by atoms with Crippen LogP contribution in [0.5, 0.6) is 0 Å². The smallest absolute Gasteiger partial charge is 0.261 e. The molecule has 3 rings (SSSR count). The quantitative estimate of drug-likeness (QED) is 0.829. The van der Waals surface area contributed by atoms with Crippen molar-refractivity contribution in [1.29, 1.82) is 0 Å². The van der Waals surface area contributed by atoms with E-state index in [4.69, 9.17) is 0 Å². The number of nitrogens with one attached hydrogen (secondary N) is 1. The van der Waals surface area contributed by atoms with Crippen LogP contribution in [-0.4, -0.2) is 14.2 Å². The second-order valence-corrected chi connectivity index (χ2v) is 8.22. The molecule has 0 aliphatic heterocycles.